The summed E-state index contributed by atoms with van der Waals surface area (Å²) in [6.45, 7) is 3.68. The molecule has 3 amide bonds. The highest BCUT2D eigenvalue weighted by Gasteiger charge is 2.35. The van der Waals surface area contributed by atoms with Gasteiger partial charge in [-0.3, -0.25) is 19.3 Å². The molecular formula is C24H22FN3O4S. The molecule has 1 fully saturated rings. The van der Waals surface area contributed by atoms with E-state index in [2.05, 4.69) is 5.32 Å². The molecule has 2 aromatic carbocycles. The van der Waals surface area contributed by atoms with E-state index in [4.69, 9.17) is 4.74 Å². The SMILES string of the molecule is CC(C)C(Oc1ccccc1C#N)C(=O)NCCN1C(=O)S/C(=C/c2ccc(F)cc2)C1=O. The van der Waals surface area contributed by atoms with Gasteiger partial charge in [0.1, 0.15) is 17.6 Å². The Hall–Kier alpha value is -3.64. The first kappa shape index (κ1) is 24.0. The highest BCUT2D eigenvalue weighted by atomic mass is 32.2. The average molecular weight is 468 g/mol. The van der Waals surface area contributed by atoms with Crippen LogP contribution in [0.25, 0.3) is 6.08 Å². The second kappa shape index (κ2) is 10.8. The standard InChI is InChI=1S/C24H22FN3O4S/c1-15(2)21(32-19-6-4-3-5-17(19)14-26)22(29)27-11-12-28-23(30)20(33-24(28)31)13-16-7-9-18(25)10-8-16/h3-10,13,15,21H,11-12H2,1-2H3,(H,27,29)/b20-13+. The summed E-state index contributed by atoms with van der Waals surface area (Å²) in [5.41, 5.74) is 0.923. The van der Waals surface area contributed by atoms with E-state index in [0.29, 0.717) is 16.9 Å². The Kier molecular flexibility index (Phi) is 7.85. The molecule has 1 aliphatic heterocycles. The molecule has 1 heterocycles. The molecule has 1 N–H and O–H groups in total. The van der Waals surface area contributed by atoms with Gasteiger partial charge in [0.2, 0.25) is 0 Å². The first-order valence-corrected chi connectivity index (χ1v) is 11.1. The van der Waals surface area contributed by atoms with Crippen LogP contribution in [0.5, 0.6) is 5.75 Å². The first-order valence-electron chi connectivity index (χ1n) is 10.2. The van der Waals surface area contributed by atoms with Crippen molar-refractivity contribution in [3.63, 3.8) is 0 Å². The summed E-state index contributed by atoms with van der Waals surface area (Å²) < 4.78 is 18.9. The minimum atomic E-state index is -0.854. The number of thioether (sulfide) groups is 1. The van der Waals surface area contributed by atoms with Crippen LogP contribution in [-0.2, 0) is 9.59 Å². The first-order chi connectivity index (χ1) is 15.8. The third-order valence-corrected chi connectivity index (χ3v) is 5.71. The van der Waals surface area contributed by atoms with Crippen LogP contribution < -0.4 is 10.1 Å². The van der Waals surface area contributed by atoms with Crippen LogP contribution in [0, 0.1) is 23.1 Å². The summed E-state index contributed by atoms with van der Waals surface area (Å²) in [6.07, 6.45) is 0.672. The number of halogens is 1. The summed E-state index contributed by atoms with van der Waals surface area (Å²) in [5, 5.41) is 11.5. The average Bonchev–Trinajstić information content (AvgIpc) is 3.06. The van der Waals surface area contributed by atoms with Crippen molar-refractivity contribution < 1.29 is 23.5 Å². The summed E-state index contributed by atoms with van der Waals surface area (Å²) in [6, 6.07) is 14.2. The number of rotatable bonds is 8. The molecule has 2 aromatic rings. The maximum absolute atomic E-state index is 13.1. The summed E-state index contributed by atoms with van der Waals surface area (Å²) in [4.78, 5) is 38.8. The van der Waals surface area contributed by atoms with E-state index >= 15 is 0 Å². The third-order valence-electron chi connectivity index (χ3n) is 4.80. The predicted octanol–water partition coefficient (Wildman–Crippen LogP) is 3.95. The minimum absolute atomic E-state index is 0.00321. The van der Waals surface area contributed by atoms with Gasteiger partial charge in [0.05, 0.1) is 10.5 Å². The predicted molar refractivity (Wildman–Crippen MR) is 122 cm³/mol. The number of nitrogens with one attached hydrogen (secondary N) is 1. The molecule has 1 atom stereocenters. The Bertz CT molecular complexity index is 1130. The van der Waals surface area contributed by atoms with Gasteiger partial charge in [0.25, 0.3) is 17.1 Å². The van der Waals surface area contributed by atoms with Crippen LogP contribution >= 0.6 is 11.8 Å². The molecule has 7 nitrogen and oxygen atoms in total. The largest absolute Gasteiger partial charge is 0.479 e. The van der Waals surface area contributed by atoms with Crippen molar-refractivity contribution in [3.8, 4) is 11.8 Å². The number of carbonyl (C=O) groups is 3. The lowest BCUT2D eigenvalue weighted by Crippen LogP contribution is -2.45. The van der Waals surface area contributed by atoms with Crippen molar-refractivity contribution in [3.05, 3.63) is 70.4 Å². The minimum Gasteiger partial charge on any atom is -0.479 e. The zero-order valence-electron chi connectivity index (χ0n) is 18.1. The van der Waals surface area contributed by atoms with Gasteiger partial charge in [-0.05, 0) is 53.6 Å². The number of hydrogen-bond acceptors (Lipinski definition) is 6. The quantitative estimate of drug-likeness (QED) is 0.590. The third kappa shape index (κ3) is 5.99. The van der Waals surface area contributed by atoms with Crippen LogP contribution in [0.2, 0.25) is 0 Å². The fourth-order valence-corrected chi connectivity index (χ4v) is 3.95. The monoisotopic (exact) mass is 467 g/mol. The van der Waals surface area contributed by atoms with Crippen molar-refractivity contribution in [2.45, 2.75) is 20.0 Å². The van der Waals surface area contributed by atoms with Crippen molar-refractivity contribution >= 4 is 34.9 Å². The van der Waals surface area contributed by atoms with Crippen LogP contribution in [0.1, 0.15) is 25.0 Å². The smallest absolute Gasteiger partial charge is 0.293 e. The van der Waals surface area contributed by atoms with Crippen LogP contribution in [0.3, 0.4) is 0 Å². The maximum Gasteiger partial charge on any atom is 0.293 e. The van der Waals surface area contributed by atoms with E-state index in [9.17, 15) is 24.0 Å². The molecule has 1 unspecified atom stereocenters. The molecule has 0 spiro atoms. The molecule has 1 aliphatic rings. The van der Waals surface area contributed by atoms with Crippen molar-refractivity contribution in [1.82, 2.24) is 10.2 Å². The fourth-order valence-electron chi connectivity index (χ4n) is 3.09. The van der Waals surface area contributed by atoms with E-state index in [1.54, 1.807) is 24.3 Å². The van der Waals surface area contributed by atoms with Crippen LogP contribution in [0.15, 0.2) is 53.4 Å². The molecule has 0 radical (unpaired) electrons. The second-order valence-corrected chi connectivity index (χ2v) is 8.56. The lowest BCUT2D eigenvalue weighted by atomic mass is 10.1. The Labute approximate surface area is 195 Å². The van der Waals surface area contributed by atoms with Gasteiger partial charge in [0.15, 0.2) is 6.10 Å². The fraction of sp³-hybridized carbons (Fsp3) is 0.250. The number of hydrogen-bond donors (Lipinski definition) is 1. The molecule has 0 saturated carbocycles. The number of ether oxygens (including phenoxy) is 1. The van der Waals surface area contributed by atoms with Crippen LogP contribution in [-0.4, -0.2) is 41.1 Å². The normalized spacial score (nSPS) is 15.6. The summed E-state index contributed by atoms with van der Waals surface area (Å²) in [5.74, 6) is -1.15. The van der Waals surface area contributed by atoms with Crippen molar-refractivity contribution in [1.29, 1.82) is 5.26 Å². The van der Waals surface area contributed by atoms with Crippen molar-refractivity contribution in [2.24, 2.45) is 5.92 Å². The maximum atomic E-state index is 13.1. The van der Waals surface area contributed by atoms with Gasteiger partial charge in [-0.15, -0.1) is 0 Å². The van der Waals surface area contributed by atoms with Gasteiger partial charge in [0, 0.05) is 13.1 Å². The molecule has 3 rings (SSSR count). The van der Waals surface area contributed by atoms with Gasteiger partial charge in [-0.2, -0.15) is 5.26 Å². The van der Waals surface area contributed by atoms with E-state index < -0.39 is 29.0 Å². The second-order valence-electron chi connectivity index (χ2n) is 7.57. The van der Waals surface area contributed by atoms with Crippen molar-refractivity contribution in [2.75, 3.05) is 13.1 Å². The number of amides is 3. The molecule has 0 aromatic heterocycles. The number of carbonyl (C=O) groups excluding carboxylic acids is 3. The molecule has 1 saturated heterocycles. The summed E-state index contributed by atoms with van der Waals surface area (Å²) >= 11 is 0.794. The Morgan fingerprint density at radius 1 is 1.21 bits per heavy atom. The van der Waals surface area contributed by atoms with E-state index in [1.807, 2.05) is 19.9 Å². The van der Waals surface area contributed by atoms with Gasteiger partial charge >= 0.3 is 0 Å². The van der Waals surface area contributed by atoms with E-state index in [1.165, 1.54) is 30.3 Å². The number of nitrogens with zero attached hydrogens (tertiary/aromatic N) is 2. The molecule has 0 bridgehead atoms. The lowest BCUT2D eigenvalue weighted by Gasteiger charge is -2.23. The highest BCUT2D eigenvalue weighted by Crippen LogP contribution is 2.32. The molecule has 9 heteroatoms. The molecule has 170 valence electrons. The Morgan fingerprint density at radius 2 is 1.91 bits per heavy atom. The van der Waals surface area contributed by atoms with E-state index in [-0.39, 0.29) is 23.9 Å². The number of para-hydroxylation sites is 1. The van der Waals surface area contributed by atoms with Gasteiger partial charge in [-0.1, -0.05) is 38.1 Å². The number of imide groups is 1. The van der Waals surface area contributed by atoms with E-state index in [0.717, 1.165) is 16.7 Å². The van der Waals surface area contributed by atoms with Gasteiger partial charge < -0.3 is 10.1 Å². The number of benzene rings is 2. The van der Waals surface area contributed by atoms with Crippen LogP contribution in [0.4, 0.5) is 9.18 Å². The number of nitriles is 1. The molecular weight excluding hydrogens is 445 g/mol. The molecule has 33 heavy (non-hydrogen) atoms. The zero-order valence-corrected chi connectivity index (χ0v) is 18.9. The molecule has 0 aliphatic carbocycles. The Morgan fingerprint density at radius 3 is 2.58 bits per heavy atom. The summed E-state index contributed by atoms with van der Waals surface area (Å²) in [7, 11) is 0. The zero-order chi connectivity index (χ0) is 24.0. The topological polar surface area (TPSA) is 99.5 Å². The van der Waals surface area contributed by atoms with Gasteiger partial charge in [-0.25, -0.2) is 4.39 Å². The highest BCUT2D eigenvalue weighted by molar-refractivity contribution is 8.18. The Balaban J connectivity index is 1.59. The lowest BCUT2D eigenvalue weighted by molar-refractivity contribution is -0.130.